The second-order valence-electron chi connectivity index (χ2n) is 3.39. The van der Waals surface area contributed by atoms with Crippen LogP contribution in [0.25, 0.3) is 0 Å². The van der Waals surface area contributed by atoms with Gasteiger partial charge in [0.05, 0.1) is 5.38 Å². The fourth-order valence-electron chi connectivity index (χ4n) is 1.35. The number of carbonyl (C=O) groups excluding carboxylic acids is 1. The third-order valence-corrected chi connectivity index (χ3v) is 6.66. The topological polar surface area (TPSA) is 44.8 Å². The molecular weight excluding hydrogens is 256 g/mol. The van der Waals surface area contributed by atoms with Crippen LogP contribution >= 0.6 is 11.8 Å². The smallest absolute Gasteiger partial charge is 0.373 e. The van der Waals surface area contributed by atoms with Crippen LogP contribution in [0.4, 0.5) is 0 Å². The maximum atomic E-state index is 11.5. The molecule has 0 N–H and O–H groups in total. The van der Waals surface area contributed by atoms with Crippen molar-refractivity contribution in [3.05, 3.63) is 0 Å². The third-order valence-electron chi connectivity index (χ3n) is 1.96. The SMILES string of the molecule is CCCC(=O)SC[Si](OCC)(OCC)OCC. The Morgan fingerprint density at radius 1 is 1.00 bits per heavy atom. The molecule has 0 bridgehead atoms. The van der Waals surface area contributed by atoms with E-state index >= 15 is 0 Å². The van der Waals surface area contributed by atoms with E-state index in [0.717, 1.165) is 6.42 Å². The van der Waals surface area contributed by atoms with Crippen molar-refractivity contribution in [3.63, 3.8) is 0 Å². The molecule has 0 radical (unpaired) electrons. The van der Waals surface area contributed by atoms with E-state index in [1.807, 2.05) is 27.7 Å². The van der Waals surface area contributed by atoms with E-state index < -0.39 is 8.80 Å². The molecule has 0 fully saturated rings. The van der Waals surface area contributed by atoms with Gasteiger partial charge in [0, 0.05) is 26.2 Å². The molecule has 102 valence electrons. The van der Waals surface area contributed by atoms with Crippen LogP contribution in [0.5, 0.6) is 0 Å². The van der Waals surface area contributed by atoms with Crippen molar-refractivity contribution in [2.24, 2.45) is 0 Å². The Bertz CT molecular complexity index is 197. The predicted molar refractivity (Wildman–Crippen MR) is 73.0 cm³/mol. The fraction of sp³-hybridized carbons (Fsp3) is 0.909. The molecule has 17 heavy (non-hydrogen) atoms. The first-order valence-electron chi connectivity index (χ1n) is 6.21. The maximum absolute atomic E-state index is 11.5. The van der Waals surface area contributed by atoms with Crippen LogP contribution in [0.2, 0.25) is 0 Å². The molecule has 0 aromatic heterocycles. The first kappa shape index (κ1) is 17.1. The van der Waals surface area contributed by atoms with Gasteiger partial charge in [0.2, 0.25) is 0 Å². The van der Waals surface area contributed by atoms with E-state index in [1.54, 1.807) is 0 Å². The number of hydrogen-bond acceptors (Lipinski definition) is 5. The number of rotatable bonds is 10. The van der Waals surface area contributed by atoms with Gasteiger partial charge >= 0.3 is 8.80 Å². The van der Waals surface area contributed by atoms with Gasteiger partial charge in [0.15, 0.2) is 5.12 Å². The Morgan fingerprint density at radius 3 is 1.82 bits per heavy atom. The summed E-state index contributed by atoms with van der Waals surface area (Å²) < 4.78 is 17.0. The van der Waals surface area contributed by atoms with Gasteiger partial charge in [-0.15, -0.1) is 0 Å². The van der Waals surface area contributed by atoms with Crippen LogP contribution in [0.3, 0.4) is 0 Å². The molecule has 0 unspecified atom stereocenters. The zero-order chi connectivity index (χ0) is 13.1. The van der Waals surface area contributed by atoms with E-state index in [9.17, 15) is 4.79 Å². The van der Waals surface area contributed by atoms with Crippen molar-refractivity contribution >= 4 is 25.7 Å². The minimum Gasteiger partial charge on any atom is -0.373 e. The molecular formula is C11H24O4SSi. The molecule has 0 rings (SSSR count). The molecule has 0 aliphatic heterocycles. The lowest BCUT2D eigenvalue weighted by atomic mass is 10.4. The first-order valence-corrected chi connectivity index (χ1v) is 9.13. The Labute approximate surface area is 110 Å². The van der Waals surface area contributed by atoms with E-state index in [0.29, 0.717) is 31.6 Å². The lowest BCUT2D eigenvalue weighted by Crippen LogP contribution is -2.49. The average Bonchev–Trinajstić information content (AvgIpc) is 2.28. The summed E-state index contributed by atoms with van der Waals surface area (Å²) in [5.74, 6) is 0. The first-order chi connectivity index (χ1) is 8.14. The van der Waals surface area contributed by atoms with E-state index in [4.69, 9.17) is 13.3 Å². The van der Waals surface area contributed by atoms with Crippen LogP contribution in [-0.4, -0.2) is 39.1 Å². The number of carbonyl (C=O) groups is 1. The second kappa shape index (κ2) is 10.1. The zero-order valence-electron chi connectivity index (χ0n) is 11.3. The van der Waals surface area contributed by atoms with Crippen LogP contribution in [-0.2, 0) is 18.1 Å². The molecule has 0 heterocycles. The molecule has 0 atom stereocenters. The van der Waals surface area contributed by atoms with Crippen molar-refractivity contribution in [2.75, 3.05) is 25.2 Å². The molecule has 0 saturated carbocycles. The molecule has 0 spiro atoms. The Kier molecular flexibility index (Phi) is 10.1. The van der Waals surface area contributed by atoms with E-state index in [2.05, 4.69) is 0 Å². The number of thioether (sulfide) groups is 1. The summed E-state index contributed by atoms with van der Waals surface area (Å²) in [6, 6.07) is 0. The van der Waals surface area contributed by atoms with Gasteiger partial charge in [-0.05, 0) is 27.2 Å². The van der Waals surface area contributed by atoms with Crippen molar-refractivity contribution < 1.29 is 18.1 Å². The standard InChI is InChI=1S/C11H24O4SSi/c1-5-9-11(12)16-10-17(13-6-2,14-7-3)15-8-4/h5-10H2,1-4H3. The molecule has 0 aliphatic rings. The minimum atomic E-state index is -2.65. The summed E-state index contributed by atoms with van der Waals surface area (Å²) >= 11 is 1.28. The molecule has 0 amide bonds. The van der Waals surface area contributed by atoms with Crippen LogP contribution < -0.4 is 0 Å². The molecule has 6 heteroatoms. The highest BCUT2D eigenvalue weighted by atomic mass is 32.2. The third kappa shape index (κ3) is 7.20. The van der Waals surface area contributed by atoms with E-state index in [1.165, 1.54) is 11.8 Å². The van der Waals surface area contributed by atoms with Gasteiger partial charge in [0.25, 0.3) is 0 Å². The summed E-state index contributed by atoms with van der Waals surface area (Å²) in [6.45, 7) is 9.39. The summed E-state index contributed by atoms with van der Waals surface area (Å²) in [4.78, 5) is 11.5. The summed E-state index contributed by atoms with van der Waals surface area (Å²) in [7, 11) is -2.65. The van der Waals surface area contributed by atoms with Crippen LogP contribution in [0, 0.1) is 0 Å². The van der Waals surface area contributed by atoms with Crippen LogP contribution in [0.15, 0.2) is 0 Å². The van der Waals surface area contributed by atoms with Crippen LogP contribution in [0.1, 0.15) is 40.5 Å². The molecule has 0 saturated heterocycles. The summed E-state index contributed by atoms with van der Waals surface area (Å²) in [5, 5.41) is 0.699. The molecule has 0 aromatic rings. The lowest BCUT2D eigenvalue weighted by molar-refractivity contribution is -0.111. The predicted octanol–water partition coefficient (Wildman–Crippen LogP) is 2.63. The Morgan fingerprint density at radius 2 is 1.47 bits per heavy atom. The van der Waals surface area contributed by atoms with E-state index in [-0.39, 0.29) is 5.12 Å². The molecule has 0 aliphatic carbocycles. The lowest BCUT2D eigenvalue weighted by Gasteiger charge is -2.27. The largest absolute Gasteiger partial charge is 0.511 e. The van der Waals surface area contributed by atoms with Gasteiger partial charge in [-0.2, -0.15) is 0 Å². The van der Waals surface area contributed by atoms with Crippen molar-refractivity contribution in [1.29, 1.82) is 0 Å². The molecule has 0 aromatic carbocycles. The quantitative estimate of drug-likeness (QED) is 0.576. The monoisotopic (exact) mass is 280 g/mol. The Hall–Kier alpha value is 0.117. The van der Waals surface area contributed by atoms with Crippen molar-refractivity contribution in [3.8, 4) is 0 Å². The second-order valence-corrected chi connectivity index (χ2v) is 7.52. The van der Waals surface area contributed by atoms with Crippen molar-refractivity contribution in [1.82, 2.24) is 0 Å². The van der Waals surface area contributed by atoms with Crippen molar-refractivity contribution in [2.45, 2.75) is 40.5 Å². The highest BCUT2D eigenvalue weighted by molar-refractivity contribution is 8.14. The van der Waals surface area contributed by atoms with Gasteiger partial charge in [-0.1, -0.05) is 18.7 Å². The average molecular weight is 280 g/mol. The van der Waals surface area contributed by atoms with Gasteiger partial charge in [-0.25, -0.2) is 0 Å². The summed E-state index contributed by atoms with van der Waals surface area (Å²) in [6.07, 6.45) is 1.47. The van der Waals surface area contributed by atoms with Gasteiger partial charge in [0.1, 0.15) is 0 Å². The normalized spacial score (nSPS) is 11.8. The maximum Gasteiger partial charge on any atom is 0.511 e. The zero-order valence-corrected chi connectivity index (χ0v) is 13.1. The minimum absolute atomic E-state index is 0.184. The summed E-state index contributed by atoms with van der Waals surface area (Å²) in [5.41, 5.74) is 0. The fourth-order valence-corrected chi connectivity index (χ4v) is 5.62. The van der Waals surface area contributed by atoms with Gasteiger partial charge < -0.3 is 13.3 Å². The highest BCUT2D eigenvalue weighted by Gasteiger charge is 2.41. The molecule has 4 nitrogen and oxygen atoms in total. The van der Waals surface area contributed by atoms with Gasteiger partial charge in [-0.3, -0.25) is 4.79 Å². The number of hydrogen-bond donors (Lipinski definition) is 0. The highest BCUT2D eigenvalue weighted by Crippen LogP contribution is 2.19. The Balaban J connectivity index is 4.37.